The smallest absolute Gasteiger partial charge is 0.0728 e. The Kier molecular flexibility index (Phi) is 8.36. The molecule has 62 heavy (non-hydrogen) atoms. The Balaban J connectivity index is 1.01. The molecule has 10 aromatic rings. The van der Waals surface area contributed by atoms with E-state index >= 15 is 0 Å². The molecule has 0 N–H and O–H groups in total. The molecule has 2 aliphatic carbocycles. The normalized spacial score (nSPS) is 13.9. The van der Waals surface area contributed by atoms with Gasteiger partial charge in [-0.3, -0.25) is 0 Å². The van der Waals surface area contributed by atoms with Gasteiger partial charge in [0, 0.05) is 32.1 Å². The molecule has 2 heteroatoms. The number of rotatable bonds is 7. The van der Waals surface area contributed by atoms with Crippen molar-refractivity contribution in [2.24, 2.45) is 0 Å². The number of anilines is 3. The number of fused-ring (bicyclic) bond motifs is 8. The van der Waals surface area contributed by atoms with Crippen molar-refractivity contribution in [2.75, 3.05) is 4.90 Å². The zero-order valence-electron chi connectivity index (χ0n) is 34.7. The zero-order chi connectivity index (χ0) is 41.4. The van der Waals surface area contributed by atoms with Gasteiger partial charge in [-0.1, -0.05) is 190 Å². The van der Waals surface area contributed by atoms with Crippen LogP contribution in [0.25, 0.3) is 53.9 Å². The summed E-state index contributed by atoms with van der Waals surface area (Å²) in [5.41, 5.74) is 19.7. The molecule has 0 bridgehead atoms. The molecule has 2 aliphatic rings. The minimum Gasteiger partial charge on any atom is -0.310 e. The molecular weight excluding hydrogens is 767 g/mol. The first-order valence-corrected chi connectivity index (χ1v) is 22.4. The standard InChI is InChI=1S/C60H43NS/c1-59(2)53-27-14-12-25-49(53)52-39-48(34-36-54(52)59)61(47-24-16-19-42(37-47)40-17-6-3-7-18-40)46-32-29-41(30-33-46)43-31-35-50-55(38-43)60(44-20-8-4-9-21-44,45-22-10-5-11-23-45)57-51-26-13-15-28-56(51)62-58(50)57/h3-39H,1-2H3. The molecule has 0 saturated carbocycles. The van der Waals surface area contributed by atoms with E-state index in [0.717, 1.165) is 17.1 Å². The first kappa shape index (κ1) is 36.6. The number of thiophene rings is 1. The lowest BCUT2D eigenvalue weighted by atomic mass is 9.67. The third-order valence-electron chi connectivity index (χ3n) is 13.5. The molecule has 9 aromatic carbocycles. The van der Waals surface area contributed by atoms with E-state index in [0.29, 0.717) is 0 Å². The molecule has 0 saturated heterocycles. The van der Waals surface area contributed by atoms with Crippen LogP contribution in [0.1, 0.15) is 47.2 Å². The lowest BCUT2D eigenvalue weighted by Crippen LogP contribution is -2.28. The van der Waals surface area contributed by atoms with Crippen molar-refractivity contribution in [3.05, 3.63) is 258 Å². The van der Waals surface area contributed by atoms with Gasteiger partial charge in [-0.25, -0.2) is 0 Å². The molecule has 0 amide bonds. The Morgan fingerprint density at radius 3 is 1.69 bits per heavy atom. The van der Waals surface area contributed by atoms with Crippen molar-refractivity contribution in [3.63, 3.8) is 0 Å². The monoisotopic (exact) mass is 809 g/mol. The minimum absolute atomic E-state index is 0.0592. The molecule has 0 radical (unpaired) electrons. The summed E-state index contributed by atoms with van der Waals surface area (Å²) in [7, 11) is 0. The number of nitrogens with zero attached hydrogens (tertiary/aromatic N) is 1. The van der Waals surface area contributed by atoms with Crippen molar-refractivity contribution in [3.8, 4) is 43.8 Å². The van der Waals surface area contributed by atoms with E-state index in [1.54, 1.807) is 0 Å². The predicted molar refractivity (Wildman–Crippen MR) is 262 cm³/mol. The van der Waals surface area contributed by atoms with Gasteiger partial charge in [0.25, 0.3) is 0 Å². The van der Waals surface area contributed by atoms with Crippen molar-refractivity contribution in [1.82, 2.24) is 0 Å². The van der Waals surface area contributed by atoms with Crippen LogP contribution < -0.4 is 4.90 Å². The third-order valence-corrected chi connectivity index (χ3v) is 14.8. The van der Waals surface area contributed by atoms with Gasteiger partial charge in [0.05, 0.1) is 5.41 Å². The summed E-state index contributed by atoms with van der Waals surface area (Å²) in [5, 5.41) is 1.33. The Labute approximate surface area is 367 Å². The van der Waals surface area contributed by atoms with Crippen LogP contribution in [-0.4, -0.2) is 0 Å². The average molecular weight is 810 g/mol. The van der Waals surface area contributed by atoms with E-state index in [9.17, 15) is 0 Å². The Bertz CT molecular complexity index is 3270. The van der Waals surface area contributed by atoms with Gasteiger partial charge in [-0.15, -0.1) is 11.3 Å². The van der Waals surface area contributed by atoms with Crippen LogP contribution in [0.15, 0.2) is 224 Å². The van der Waals surface area contributed by atoms with Crippen LogP contribution in [0.3, 0.4) is 0 Å². The van der Waals surface area contributed by atoms with E-state index in [1.807, 2.05) is 11.3 Å². The van der Waals surface area contributed by atoms with Gasteiger partial charge in [0.2, 0.25) is 0 Å². The topological polar surface area (TPSA) is 3.24 Å². The second-order valence-electron chi connectivity index (χ2n) is 17.2. The Morgan fingerprint density at radius 2 is 0.935 bits per heavy atom. The number of benzene rings is 9. The molecule has 1 heterocycles. The highest BCUT2D eigenvalue weighted by molar-refractivity contribution is 7.22. The maximum absolute atomic E-state index is 2.48. The van der Waals surface area contributed by atoms with Crippen LogP contribution in [0.2, 0.25) is 0 Å². The molecular formula is C60H43NS. The first-order valence-electron chi connectivity index (χ1n) is 21.6. The van der Waals surface area contributed by atoms with Crippen LogP contribution >= 0.6 is 11.3 Å². The van der Waals surface area contributed by atoms with Crippen molar-refractivity contribution < 1.29 is 0 Å². The van der Waals surface area contributed by atoms with E-state index in [1.165, 1.54) is 87.3 Å². The summed E-state index contributed by atoms with van der Waals surface area (Å²) in [6.45, 7) is 4.70. The summed E-state index contributed by atoms with van der Waals surface area (Å²) < 4.78 is 1.33. The zero-order valence-corrected chi connectivity index (χ0v) is 35.5. The second-order valence-corrected chi connectivity index (χ2v) is 18.3. The largest absolute Gasteiger partial charge is 0.310 e. The second kappa shape index (κ2) is 14.2. The summed E-state index contributed by atoms with van der Waals surface area (Å²) >= 11 is 1.92. The van der Waals surface area contributed by atoms with E-state index < -0.39 is 5.41 Å². The molecule has 0 unspecified atom stereocenters. The molecule has 1 aromatic heterocycles. The summed E-state index contributed by atoms with van der Waals surface area (Å²) in [5.74, 6) is 0. The summed E-state index contributed by atoms with van der Waals surface area (Å²) in [6, 6.07) is 83.3. The van der Waals surface area contributed by atoms with Gasteiger partial charge < -0.3 is 4.90 Å². The van der Waals surface area contributed by atoms with Gasteiger partial charge in [-0.05, 0) is 126 Å². The molecule has 294 valence electrons. The molecule has 0 fully saturated rings. The summed E-state index contributed by atoms with van der Waals surface area (Å²) in [4.78, 5) is 3.79. The van der Waals surface area contributed by atoms with Crippen molar-refractivity contribution in [2.45, 2.75) is 24.7 Å². The van der Waals surface area contributed by atoms with Gasteiger partial charge in [-0.2, -0.15) is 0 Å². The molecule has 1 nitrogen and oxygen atoms in total. The van der Waals surface area contributed by atoms with Crippen molar-refractivity contribution >= 4 is 38.5 Å². The predicted octanol–water partition coefficient (Wildman–Crippen LogP) is 16.4. The number of hydrogen-bond acceptors (Lipinski definition) is 2. The average Bonchev–Trinajstić information content (AvgIpc) is 3.93. The maximum Gasteiger partial charge on any atom is 0.0728 e. The molecule has 0 spiro atoms. The van der Waals surface area contributed by atoms with Crippen LogP contribution in [-0.2, 0) is 10.8 Å². The fraction of sp³-hybridized carbons (Fsp3) is 0.0667. The van der Waals surface area contributed by atoms with Gasteiger partial charge in [0.15, 0.2) is 0 Å². The maximum atomic E-state index is 2.48. The Hall–Kier alpha value is -7.26. The fourth-order valence-corrected chi connectivity index (χ4v) is 12.0. The molecule has 0 aliphatic heterocycles. The van der Waals surface area contributed by atoms with Crippen LogP contribution in [0.5, 0.6) is 0 Å². The molecule has 12 rings (SSSR count). The van der Waals surface area contributed by atoms with E-state index in [2.05, 4.69) is 243 Å². The highest BCUT2D eigenvalue weighted by Gasteiger charge is 2.48. The third kappa shape index (κ3) is 5.46. The SMILES string of the molecule is CC1(C)c2ccccc2-c2cc(N(c3ccc(-c4ccc5c(c4)C(c4ccccc4)(c4ccccc4)c4c-5sc5ccccc45)cc3)c3cccc(-c4ccccc4)c3)ccc21. The lowest BCUT2D eigenvalue weighted by molar-refractivity contribution is 0.660. The minimum atomic E-state index is -0.468. The summed E-state index contributed by atoms with van der Waals surface area (Å²) in [6.07, 6.45) is 0. The Morgan fingerprint density at radius 1 is 0.371 bits per heavy atom. The van der Waals surface area contributed by atoms with Gasteiger partial charge in [0.1, 0.15) is 0 Å². The first-order chi connectivity index (χ1) is 30.5. The van der Waals surface area contributed by atoms with E-state index in [-0.39, 0.29) is 5.41 Å². The van der Waals surface area contributed by atoms with Crippen LogP contribution in [0, 0.1) is 0 Å². The van der Waals surface area contributed by atoms with Gasteiger partial charge >= 0.3 is 0 Å². The van der Waals surface area contributed by atoms with Crippen LogP contribution in [0.4, 0.5) is 17.1 Å². The van der Waals surface area contributed by atoms with Crippen molar-refractivity contribution in [1.29, 1.82) is 0 Å². The van der Waals surface area contributed by atoms with E-state index in [4.69, 9.17) is 0 Å². The molecule has 0 atom stereocenters. The fourth-order valence-electron chi connectivity index (χ4n) is 10.7. The lowest BCUT2D eigenvalue weighted by Gasteiger charge is -2.34. The number of hydrogen-bond donors (Lipinski definition) is 0. The highest BCUT2D eigenvalue weighted by atomic mass is 32.1. The quantitative estimate of drug-likeness (QED) is 0.155. The highest BCUT2D eigenvalue weighted by Crippen LogP contribution is 2.61.